The fraction of sp³-hybridized carbons (Fsp3) is 0.200. The van der Waals surface area contributed by atoms with E-state index >= 15 is 0 Å². The zero-order chi connectivity index (χ0) is 20.4. The lowest BCUT2D eigenvalue weighted by atomic mass is 10.1. The first-order valence-electron chi connectivity index (χ1n) is 8.78. The molecule has 0 aliphatic heterocycles. The van der Waals surface area contributed by atoms with Gasteiger partial charge in [-0.15, -0.1) is 18.3 Å². The molecule has 9 heteroatoms. The Morgan fingerprint density at radius 3 is 2.48 bits per heavy atom. The maximum absolute atomic E-state index is 12.3. The quantitative estimate of drug-likeness (QED) is 0.430. The molecule has 1 heterocycles. The van der Waals surface area contributed by atoms with Gasteiger partial charge in [-0.05, 0) is 36.2 Å². The van der Waals surface area contributed by atoms with Crippen LogP contribution in [-0.2, 0) is 0 Å². The van der Waals surface area contributed by atoms with E-state index in [0.29, 0.717) is 23.5 Å². The molecule has 2 aromatic carbocycles. The van der Waals surface area contributed by atoms with Gasteiger partial charge in [0.2, 0.25) is 0 Å². The third kappa shape index (κ3) is 4.68. The van der Waals surface area contributed by atoms with Gasteiger partial charge in [-0.2, -0.15) is 0 Å². The summed E-state index contributed by atoms with van der Waals surface area (Å²) in [7, 11) is 0. The maximum atomic E-state index is 12.3. The molecular weight excluding hydrogens is 401 g/mol. The van der Waals surface area contributed by atoms with Gasteiger partial charge < -0.3 is 4.74 Å². The van der Waals surface area contributed by atoms with E-state index in [0.717, 1.165) is 12.0 Å². The molecule has 0 spiro atoms. The maximum Gasteiger partial charge on any atom is 0.573 e. The van der Waals surface area contributed by atoms with Crippen LogP contribution in [0.1, 0.15) is 17.9 Å². The van der Waals surface area contributed by atoms with Crippen LogP contribution < -0.4 is 4.74 Å². The molecule has 5 nitrogen and oxygen atoms in total. The molecule has 1 aliphatic rings. The van der Waals surface area contributed by atoms with Gasteiger partial charge in [-0.1, -0.05) is 36.5 Å². The van der Waals surface area contributed by atoms with Crippen LogP contribution in [0, 0.1) is 0 Å². The van der Waals surface area contributed by atoms with Crippen LogP contribution in [0.2, 0.25) is 0 Å². The minimum Gasteiger partial charge on any atom is -0.406 e. The molecule has 0 saturated heterocycles. The SMILES string of the molecule is FC(F)(F)Oc1ccc(-n2cnc(-c3ccc(C4CC4N=CC=S)cc3)n2)cc1. The van der Waals surface area contributed by atoms with Crippen LogP contribution in [0.15, 0.2) is 59.9 Å². The number of ether oxygens (including phenoxy) is 1. The number of thiocarbonyl (C=S) groups is 1. The highest BCUT2D eigenvalue weighted by Gasteiger charge is 2.37. The Morgan fingerprint density at radius 1 is 1.10 bits per heavy atom. The van der Waals surface area contributed by atoms with Gasteiger partial charge in [0.15, 0.2) is 5.82 Å². The fourth-order valence-electron chi connectivity index (χ4n) is 3.05. The Hall–Kier alpha value is -3.07. The molecule has 148 valence electrons. The monoisotopic (exact) mass is 416 g/mol. The van der Waals surface area contributed by atoms with Gasteiger partial charge >= 0.3 is 6.36 Å². The molecule has 1 aromatic heterocycles. The molecule has 29 heavy (non-hydrogen) atoms. The number of alkyl halides is 3. The molecule has 1 aliphatic carbocycles. The largest absolute Gasteiger partial charge is 0.573 e. The molecule has 0 N–H and O–H groups in total. The zero-order valence-electron chi connectivity index (χ0n) is 15.0. The number of aliphatic imine (C=N–C) groups is 1. The van der Waals surface area contributed by atoms with E-state index in [1.807, 2.05) is 24.3 Å². The van der Waals surface area contributed by atoms with Crippen molar-refractivity contribution in [3.05, 3.63) is 60.4 Å². The second-order valence-corrected chi connectivity index (χ2v) is 6.79. The minimum absolute atomic E-state index is 0.287. The van der Waals surface area contributed by atoms with Crippen molar-refractivity contribution >= 4 is 23.8 Å². The first-order chi connectivity index (χ1) is 13.9. The standard InChI is InChI=1S/C20H15F3N4OS/c21-20(22,23)28-16-7-5-15(6-8-16)27-12-25-19(26-27)14-3-1-13(2-4-14)17-11-18(17)24-9-10-29/h1-10,12,17-18H,11H2. The van der Waals surface area contributed by atoms with Gasteiger partial charge in [0, 0.05) is 23.1 Å². The number of rotatable bonds is 6. The first-order valence-corrected chi connectivity index (χ1v) is 9.25. The Kier molecular flexibility index (Phi) is 5.14. The highest BCUT2D eigenvalue weighted by Crippen LogP contribution is 2.43. The number of hydrogen-bond donors (Lipinski definition) is 0. The Morgan fingerprint density at radius 2 is 1.83 bits per heavy atom. The van der Waals surface area contributed by atoms with E-state index in [1.165, 1.54) is 46.2 Å². The van der Waals surface area contributed by atoms with Crippen molar-refractivity contribution < 1.29 is 17.9 Å². The summed E-state index contributed by atoms with van der Waals surface area (Å²) in [6.07, 6.45) is -0.531. The smallest absolute Gasteiger partial charge is 0.406 e. The van der Waals surface area contributed by atoms with Crippen LogP contribution in [0.25, 0.3) is 17.1 Å². The average Bonchev–Trinajstić information content (AvgIpc) is 3.30. The molecule has 1 saturated carbocycles. The summed E-state index contributed by atoms with van der Waals surface area (Å²) in [6, 6.07) is 13.7. The molecule has 4 rings (SSSR count). The van der Waals surface area contributed by atoms with Crippen molar-refractivity contribution in [3.63, 3.8) is 0 Å². The van der Waals surface area contributed by atoms with Crippen molar-refractivity contribution in [2.24, 2.45) is 4.99 Å². The highest BCUT2D eigenvalue weighted by atomic mass is 32.1. The lowest BCUT2D eigenvalue weighted by Crippen LogP contribution is -2.17. The summed E-state index contributed by atoms with van der Waals surface area (Å²) in [4.78, 5) is 8.66. The third-order valence-corrected chi connectivity index (χ3v) is 4.64. The minimum atomic E-state index is -4.72. The number of aromatic nitrogens is 3. The molecule has 2 unspecified atom stereocenters. The fourth-order valence-corrected chi connectivity index (χ4v) is 3.12. The van der Waals surface area contributed by atoms with Gasteiger partial charge in [0.05, 0.1) is 11.7 Å². The molecule has 2 atom stereocenters. The van der Waals surface area contributed by atoms with E-state index in [2.05, 4.69) is 19.8 Å². The van der Waals surface area contributed by atoms with Crippen LogP contribution in [0.5, 0.6) is 5.75 Å². The molecular formula is C20H15F3N4OS. The van der Waals surface area contributed by atoms with E-state index in [-0.39, 0.29) is 5.75 Å². The van der Waals surface area contributed by atoms with Crippen molar-refractivity contribution in [1.29, 1.82) is 0 Å². The van der Waals surface area contributed by atoms with Crippen molar-refractivity contribution in [2.75, 3.05) is 0 Å². The predicted molar refractivity (Wildman–Crippen MR) is 107 cm³/mol. The number of nitrogens with zero attached hydrogens (tertiary/aromatic N) is 4. The number of halogens is 3. The number of benzene rings is 2. The van der Waals surface area contributed by atoms with Gasteiger partial charge in [-0.25, -0.2) is 9.67 Å². The third-order valence-electron chi connectivity index (χ3n) is 4.52. The van der Waals surface area contributed by atoms with Crippen molar-refractivity contribution in [3.8, 4) is 22.8 Å². The van der Waals surface area contributed by atoms with Crippen LogP contribution in [0.3, 0.4) is 0 Å². The van der Waals surface area contributed by atoms with Crippen LogP contribution in [0.4, 0.5) is 13.2 Å². The lowest BCUT2D eigenvalue weighted by molar-refractivity contribution is -0.274. The van der Waals surface area contributed by atoms with E-state index in [1.54, 1.807) is 6.21 Å². The zero-order valence-corrected chi connectivity index (χ0v) is 15.8. The van der Waals surface area contributed by atoms with Gasteiger partial charge in [0.25, 0.3) is 0 Å². The molecule has 0 radical (unpaired) electrons. The van der Waals surface area contributed by atoms with E-state index in [9.17, 15) is 13.2 Å². The van der Waals surface area contributed by atoms with Crippen LogP contribution in [-0.4, -0.2) is 38.8 Å². The summed E-state index contributed by atoms with van der Waals surface area (Å²) in [5, 5.41) is 5.92. The molecule has 0 amide bonds. The molecule has 3 aromatic rings. The van der Waals surface area contributed by atoms with Gasteiger partial charge in [0.1, 0.15) is 12.1 Å². The van der Waals surface area contributed by atoms with Crippen molar-refractivity contribution in [2.45, 2.75) is 24.7 Å². The first kappa shape index (κ1) is 19.3. The second kappa shape index (κ2) is 7.75. The topological polar surface area (TPSA) is 52.3 Å². The number of hydrogen-bond acceptors (Lipinski definition) is 5. The summed E-state index contributed by atoms with van der Waals surface area (Å²) in [6.45, 7) is 0. The lowest BCUT2D eigenvalue weighted by Gasteiger charge is -2.09. The predicted octanol–water partition coefficient (Wildman–Crippen LogP) is 4.76. The van der Waals surface area contributed by atoms with Gasteiger partial charge in [-0.3, -0.25) is 4.99 Å². The van der Waals surface area contributed by atoms with Crippen LogP contribution >= 0.6 is 12.2 Å². The summed E-state index contributed by atoms with van der Waals surface area (Å²) < 4.78 is 42.1. The summed E-state index contributed by atoms with van der Waals surface area (Å²) >= 11 is 4.75. The molecule has 0 bridgehead atoms. The van der Waals surface area contributed by atoms with Crippen molar-refractivity contribution in [1.82, 2.24) is 14.8 Å². The average molecular weight is 416 g/mol. The Bertz CT molecular complexity index is 1030. The Balaban J connectivity index is 1.45. The van der Waals surface area contributed by atoms with E-state index < -0.39 is 6.36 Å². The second-order valence-electron chi connectivity index (χ2n) is 6.52. The summed E-state index contributed by atoms with van der Waals surface area (Å²) in [5.74, 6) is 0.655. The summed E-state index contributed by atoms with van der Waals surface area (Å²) in [5.41, 5.74) is 2.64. The van der Waals surface area contributed by atoms with E-state index in [4.69, 9.17) is 12.2 Å². The normalized spacial score (nSPS) is 18.7. The highest BCUT2D eigenvalue weighted by molar-refractivity contribution is 7.80. The Labute approximate surface area is 169 Å². The molecule has 1 fully saturated rings.